The van der Waals surface area contributed by atoms with E-state index in [0.29, 0.717) is 17.7 Å². The van der Waals surface area contributed by atoms with Crippen molar-refractivity contribution in [2.45, 2.75) is 36.7 Å². The summed E-state index contributed by atoms with van der Waals surface area (Å²) in [5, 5.41) is 38.6. The Hall–Kier alpha value is -3.09. The fourth-order valence-corrected chi connectivity index (χ4v) is 3.94. The highest BCUT2D eigenvalue weighted by Crippen LogP contribution is 2.56. The van der Waals surface area contributed by atoms with Crippen LogP contribution in [-0.2, 0) is 10.3 Å². The zero-order valence-electron chi connectivity index (χ0n) is 16.7. The maximum Gasteiger partial charge on any atom is 0.455 e. The third-order valence-electron chi connectivity index (χ3n) is 5.94. The van der Waals surface area contributed by atoms with Crippen molar-refractivity contribution >= 4 is 19.0 Å². The maximum atomic E-state index is 12.7. The number of benzene rings is 1. The number of hydrogen-bond acceptors (Lipinski definition) is 8. The number of aromatic hydroxyl groups is 1. The summed E-state index contributed by atoms with van der Waals surface area (Å²) in [6.45, 7) is 2.00. The molecule has 1 saturated heterocycles. The smallest absolute Gasteiger partial charge is 0.455 e. The number of hydrogen-bond donors (Lipinski definition) is 6. The number of aromatic carboxylic acids is 1. The van der Waals surface area contributed by atoms with Gasteiger partial charge in [0.1, 0.15) is 28.7 Å². The molecule has 12 heteroatoms. The molecule has 0 unspecified atom stereocenters. The van der Waals surface area contributed by atoms with Gasteiger partial charge in [-0.15, -0.1) is 0 Å². The van der Waals surface area contributed by atoms with Gasteiger partial charge in [-0.2, -0.15) is 0 Å². The molecule has 0 spiro atoms. The topological polar surface area (TPSA) is 182 Å². The molecule has 2 heterocycles. The minimum atomic E-state index is -1.53. The third kappa shape index (κ3) is 3.73. The van der Waals surface area contributed by atoms with Gasteiger partial charge in [-0.25, -0.2) is 9.78 Å². The van der Waals surface area contributed by atoms with Crippen LogP contribution < -0.4 is 10.5 Å². The van der Waals surface area contributed by atoms with E-state index in [4.69, 9.17) is 10.5 Å². The Morgan fingerprint density at radius 3 is 2.61 bits per heavy atom. The molecule has 2 aromatic rings. The lowest BCUT2D eigenvalue weighted by atomic mass is 9.81. The van der Waals surface area contributed by atoms with Crippen LogP contribution in [0.1, 0.15) is 40.9 Å². The first-order valence-electron chi connectivity index (χ1n) is 9.80. The zero-order chi connectivity index (χ0) is 22.5. The Morgan fingerprint density at radius 2 is 2.06 bits per heavy atom. The van der Waals surface area contributed by atoms with Crippen molar-refractivity contribution in [2.75, 3.05) is 13.1 Å². The molecular weight excluding hydrogens is 407 g/mol. The molecule has 1 aromatic heterocycles. The first-order chi connectivity index (χ1) is 14.6. The van der Waals surface area contributed by atoms with Crippen LogP contribution in [-0.4, -0.2) is 73.3 Å². The molecule has 1 aliphatic heterocycles. The third-order valence-corrected chi connectivity index (χ3v) is 5.94. The van der Waals surface area contributed by atoms with Gasteiger partial charge in [-0.05, 0) is 30.9 Å². The second-order valence-electron chi connectivity index (χ2n) is 8.22. The van der Waals surface area contributed by atoms with Gasteiger partial charge in [-0.3, -0.25) is 4.79 Å². The average Bonchev–Trinajstić information content (AvgIpc) is 3.26. The van der Waals surface area contributed by atoms with Crippen molar-refractivity contribution in [2.24, 2.45) is 5.73 Å². The number of nitrogens with one attached hydrogen (secondary N) is 1. The number of aromatic nitrogens is 2. The lowest BCUT2D eigenvalue weighted by Crippen LogP contribution is -2.62. The van der Waals surface area contributed by atoms with Crippen LogP contribution in [0.15, 0.2) is 24.7 Å². The number of carbonyl (C=O) groups excluding carboxylic acids is 1. The minimum absolute atomic E-state index is 0.0170. The number of imidazole rings is 1. The van der Waals surface area contributed by atoms with Crippen LogP contribution in [0.25, 0.3) is 0 Å². The first-order valence-corrected chi connectivity index (χ1v) is 9.80. The normalized spacial score (nSPS) is 22.4. The molecule has 11 nitrogen and oxygen atoms in total. The van der Waals surface area contributed by atoms with Crippen LogP contribution in [0.5, 0.6) is 11.5 Å². The number of carboxylic acids is 1. The fraction of sp³-hybridized carbons (Fsp3) is 0.421. The minimum Gasteiger partial charge on any atom is -0.507 e. The Kier molecular flexibility index (Phi) is 5.16. The van der Waals surface area contributed by atoms with Gasteiger partial charge < -0.3 is 40.6 Å². The van der Waals surface area contributed by atoms with E-state index in [1.54, 1.807) is 6.92 Å². The lowest BCUT2D eigenvalue weighted by Gasteiger charge is -2.42. The summed E-state index contributed by atoms with van der Waals surface area (Å²) in [7, 11) is -1.53. The van der Waals surface area contributed by atoms with E-state index >= 15 is 0 Å². The molecule has 4 rings (SSSR count). The van der Waals surface area contributed by atoms with Gasteiger partial charge >= 0.3 is 13.1 Å². The van der Waals surface area contributed by atoms with Crippen LogP contribution in [0.3, 0.4) is 0 Å². The molecular formula is C19H23BN4O7. The number of phenols is 1. The van der Waals surface area contributed by atoms with Crippen molar-refractivity contribution < 1.29 is 34.6 Å². The fourth-order valence-electron chi connectivity index (χ4n) is 3.94. The van der Waals surface area contributed by atoms with Crippen LogP contribution >= 0.6 is 0 Å². The van der Waals surface area contributed by atoms with Gasteiger partial charge in [0.2, 0.25) is 5.91 Å². The quantitative estimate of drug-likeness (QED) is 0.319. The number of amides is 1. The van der Waals surface area contributed by atoms with Gasteiger partial charge in [0, 0.05) is 5.82 Å². The van der Waals surface area contributed by atoms with E-state index < -0.39 is 36.3 Å². The van der Waals surface area contributed by atoms with E-state index in [1.807, 2.05) is 0 Å². The van der Waals surface area contributed by atoms with Crippen molar-refractivity contribution in [3.05, 3.63) is 41.5 Å². The van der Waals surface area contributed by atoms with E-state index in [0.717, 1.165) is 0 Å². The molecule has 0 radical (unpaired) electrons. The summed E-state index contributed by atoms with van der Waals surface area (Å²) in [5.74, 6) is -2.91. The first kappa shape index (κ1) is 21.2. The molecule has 164 valence electrons. The summed E-state index contributed by atoms with van der Waals surface area (Å²) in [6.07, 6.45) is 2.90. The van der Waals surface area contributed by atoms with Gasteiger partial charge in [-0.1, -0.05) is 6.07 Å². The highest BCUT2D eigenvalue weighted by atomic mass is 16.5. The Balaban J connectivity index is 1.44. The van der Waals surface area contributed by atoms with Crippen LogP contribution in [0.2, 0.25) is 5.82 Å². The predicted molar refractivity (Wildman–Crippen MR) is 107 cm³/mol. The SMILES string of the molecule is C[C@@](N)(C(=O)N1CC(Oc2ccc([C@@H]3C[C@@H]3B(O)O)c(O)c2C(=O)O)C1)c1cnc[nH]1. The number of likely N-dealkylation sites (tertiary alicyclic amines) is 1. The Labute approximate surface area is 177 Å². The summed E-state index contributed by atoms with van der Waals surface area (Å²) in [5.41, 5.74) is 5.29. The largest absolute Gasteiger partial charge is 0.507 e. The molecule has 0 bridgehead atoms. The maximum absolute atomic E-state index is 12.7. The molecule has 2 aliphatic rings. The highest BCUT2D eigenvalue weighted by Gasteiger charge is 2.48. The van der Waals surface area contributed by atoms with E-state index in [-0.39, 0.29) is 36.2 Å². The van der Waals surface area contributed by atoms with Crippen LogP contribution in [0, 0.1) is 0 Å². The Morgan fingerprint density at radius 1 is 1.35 bits per heavy atom. The summed E-state index contributed by atoms with van der Waals surface area (Å²) < 4.78 is 5.74. The molecule has 3 atom stereocenters. The van der Waals surface area contributed by atoms with E-state index in [2.05, 4.69) is 9.97 Å². The van der Waals surface area contributed by atoms with Crippen molar-refractivity contribution in [3.8, 4) is 11.5 Å². The molecule has 1 aliphatic carbocycles. The highest BCUT2D eigenvalue weighted by molar-refractivity contribution is 6.44. The van der Waals surface area contributed by atoms with E-state index in [9.17, 15) is 29.9 Å². The summed E-state index contributed by atoms with van der Waals surface area (Å²) in [4.78, 5) is 32.7. The van der Waals surface area contributed by atoms with Crippen molar-refractivity contribution in [3.63, 3.8) is 0 Å². The van der Waals surface area contributed by atoms with Crippen LogP contribution in [0.4, 0.5) is 0 Å². The van der Waals surface area contributed by atoms with Crippen molar-refractivity contribution in [1.29, 1.82) is 0 Å². The molecule has 31 heavy (non-hydrogen) atoms. The Bertz CT molecular complexity index is 1000. The number of rotatable bonds is 7. The van der Waals surface area contributed by atoms with E-state index in [1.165, 1.54) is 29.6 Å². The molecule has 7 N–H and O–H groups in total. The number of nitrogens with zero attached hydrogens (tertiary/aromatic N) is 2. The number of carboxylic acid groups (broad SMARTS) is 1. The lowest BCUT2D eigenvalue weighted by molar-refractivity contribution is -0.145. The second-order valence-corrected chi connectivity index (χ2v) is 8.22. The number of nitrogens with two attached hydrogens (primary N) is 1. The summed E-state index contributed by atoms with van der Waals surface area (Å²) >= 11 is 0. The number of aromatic amines is 1. The number of carbonyl (C=O) groups is 2. The molecule has 1 aromatic carbocycles. The number of H-pyrrole nitrogens is 1. The monoisotopic (exact) mass is 430 g/mol. The predicted octanol–water partition coefficient (Wildman–Crippen LogP) is -0.392. The number of ether oxygens (including phenoxy) is 1. The van der Waals surface area contributed by atoms with Gasteiger partial charge in [0.15, 0.2) is 0 Å². The average molecular weight is 430 g/mol. The van der Waals surface area contributed by atoms with Gasteiger partial charge in [0.05, 0.1) is 31.3 Å². The van der Waals surface area contributed by atoms with Gasteiger partial charge in [0.25, 0.3) is 0 Å². The molecule has 1 saturated carbocycles. The standard InChI is InChI=1S/C19H23BN4O7/c1-19(21,14-5-22-8-23-14)18(28)24-6-9(7-24)31-13-3-2-10(11-4-12(11)20(29)30)16(25)15(13)17(26)27/h2-3,5,8-9,11-12,25,29-30H,4,6-7,21H2,1H3,(H,22,23)(H,26,27)/t11-,12-,19-/m0/s1. The molecule has 2 fully saturated rings. The summed E-state index contributed by atoms with van der Waals surface area (Å²) in [6, 6.07) is 2.97. The second kappa shape index (κ2) is 7.55. The zero-order valence-corrected chi connectivity index (χ0v) is 16.7. The van der Waals surface area contributed by atoms with Crippen molar-refractivity contribution in [1.82, 2.24) is 14.9 Å². The molecule has 1 amide bonds.